The fraction of sp³-hybridized carbons (Fsp3) is 0.167. The van der Waals surface area contributed by atoms with Gasteiger partial charge in [0.15, 0.2) is 0 Å². The third kappa shape index (κ3) is 2.66. The second-order valence-electron chi connectivity index (χ2n) is 2.86. The molecule has 74 valence electrons. The monoisotopic (exact) mass is 189 g/mol. The molecule has 0 aliphatic heterocycles. The van der Waals surface area contributed by atoms with E-state index in [2.05, 4.69) is 0 Å². The zero-order valence-corrected chi connectivity index (χ0v) is 8.53. The fourth-order valence-electron chi connectivity index (χ4n) is 1.09. The molecule has 1 rings (SSSR count). The van der Waals surface area contributed by atoms with Crippen molar-refractivity contribution in [1.82, 2.24) is 0 Å². The zero-order valence-electron chi connectivity index (χ0n) is 8.53. The summed E-state index contributed by atoms with van der Waals surface area (Å²) in [5.74, 6) is 0.836. The predicted molar refractivity (Wildman–Crippen MR) is 60.4 cm³/mol. The first kappa shape index (κ1) is 10.4. The van der Waals surface area contributed by atoms with E-state index in [9.17, 15) is 0 Å². The Kier molecular flexibility index (Phi) is 3.80. The molecule has 0 fully saturated rings. The molecule has 0 aliphatic rings. The van der Waals surface area contributed by atoms with E-state index in [1.165, 1.54) is 0 Å². The molecule has 0 amide bonds. The van der Waals surface area contributed by atoms with Crippen molar-refractivity contribution in [3.8, 4) is 0 Å². The van der Waals surface area contributed by atoms with Crippen molar-refractivity contribution in [3.05, 3.63) is 48.2 Å². The Morgan fingerprint density at radius 1 is 1.21 bits per heavy atom. The number of nitrogens with two attached hydrogens (primary N) is 1. The third-order valence-electron chi connectivity index (χ3n) is 1.79. The van der Waals surface area contributed by atoms with Crippen molar-refractivity contribution < 1.29 is 4.74 Å². The van der Waals surface area contributed by atoms with Crippen LogP contribution in [0.1, 0.15) is 19.4 Å². The summed E-state index contributed by atoms with van der Waals surface area (Å²) in [4.78, 5) is 0. The van der Waals surface area contributed by atoms with Crippen LogP contribution in [0, 0.1) is 0 Å². The highest BCUT2D eigenvalue weighted by Crippen LogP contribution is 2.17. The Bertz CT molecular complexity index is 336. The van der Waals surface area contributed by atoms with Gasteiger partial charge in [-0.25, -0.2) is 0 Å². The van der Waals surface area contributed by atoms with E-state index < -0.39 is 0 Å². The minimum absolute atomic E-state index is 0.759. The van der Waals surface area contributed by atoms with E-state index in [0.29, 0.717) is 0 Å². The maximum Gasteiger partial charge on any atom is 0.129 e. The third-order valence-corrected chi connectivity index (χ3v) is 1.79. The molecule has 2 nitrogen and oxygen atoms in total. The van der Waals surface area contributed by atoms with Crippen molar-refractivity contribution >= 4 is 11.4 Å². The highest BCUT2D eigenvalue weighted by molar-refractivity contribution is 5.61. The highest BCUT2D eigenvalue weighted by Gasteiger charge is 1.98. The van der Waals surface area contributed by atoms with Crippen LogP contribution in [0.2, 0.25) is 0 Å². The van der Waals surface area contributed by atoms with E-state index in [1.807, 2.05) is 50.3 Å². The molecule has 0 bridgehead atoms. The minimum atomic E-state index is 0.759. The molecule has 14 heavy (non-hydrogen) atoms. The standard InChI is InChI=1S/C12H15NO/c1-3-9-14-12(4-2)10-5-7-11(13)8-6-10/h3-9H,13H2,1-2H3/b9-3-,12-4-. The van der Waals surface area contributed by atoms with Crippen LogP contribution in [0.4, 0.5) is 5.69 Å². The number of allylic oxidation sites excluding steroid dienone is 2. The predicted octanol–water partition coefficient (Wildman–Crippen LogP) is 3.18. The lowest BCUT2D eigenvalue weighted by atomic mass is 10.1. The number of rotatable bonds is 3. The van der Waals surface area contributed by atoms with Crippen LogP contribution in [0.3, 0.4) is 0 Å². The van der Waals surface area contributed by atoms with Gasteiger partial charge in [-0.1, -0.05) is 6.08 Å². The Labute approximate surface area is 84.7 Å². The van der Waals surface area contributed by atoms with Crippen molar-refractivity contribution in [2.45, 2.75) is 13.8 Å². The summed E-state index contributed by atoms with van der Waals surface area (Å²) in [6.45, 7) is 3.85. The summed E-state index contributed by atoms with van der Waals surface area (Å²) in [6, 6.07) is 7.60. The number of ether oxygens (including phenoxy) is 1. The molecule has 0 radical (unpaired) electrons. The van der Waals surface area contributed by atoms with Crippen LogP contribution in [0.15, 0.2) is 42.7 Å². The van der Waals surface area contributed by atoms with Crippen LogP contribution >= 0.6 is 0 Å². The smallest absolute Gasteiger partial charge is 0.129 e. The molecule has 0 saturated carbocycles. The van der Waals surface area contributed by atoms with E-state index >= 15 is 0 Å². The van der Waals surface area contributed by atoms with Gasteiger partial charge in [0.25, 0.3) is 0 Å². The molecule has 0 spiro atoms. The van der Waals surface area contributed by atoms with Gasteiger partial charge in [0.05, 0.1) is 6.26 Å². The molecular formula is C12H15NO. The maximum absolute atomic E-state index is 5.59. The van der Waals surface area contributed by atoms with E-state index in [-0.39, 0.29) is 0 Å². The summed E-state index contributed by atoms with van der Waals surface area (Å²) < 4.78 is 5.41. The lowest BCUT2D eigenvalue weighted by Gasteiger charge is -2.05. The van der Waals surface area contributed by atoms with E-state index in [4.69, 9.17) is 10.5 Å². The number of hydrogen-bond donors (Lipinski definition) is 1. The van der Waals surface area contributed by atoms with Crippen molar-refractivity contribution in [2.24, 2.45) is 0 Å². The van der Waals surface area contributed by atoms with Gasteiger partial charge >= 0.3 is 0 Å². The molecule has 1 aromatic rings. The van der Waals surface area contributed by atoms with Gasteiger partial charge in [0.1, 0.15) is 5.76 Å². The van der Waals surface area contributed by atoms with Crippen LogP contribution in [-0.2, 0) is 4.74 Å². The summed E-state index contributed by atoms with van der Waals surface area (Å²) in [5, 5.41) is 0. The van der Waals surface area contributed by atoms with Crippen LogP contribution in [0.25, 0.3) is 5.76 Å². The van der Waals surface area contributed by atoms with Crippen LogP contribution in [0.5, 0.6) is 0 Å². The second-order valence-corrected chi connectivity index (χ2v) is 2.86. The van der Waals surface area contributed by atoms with Gasteiger partial charge in [-0.3, -0.25) is 0 Å². The molecule has 0 atom stereocenters. The largest absolute Gasteiger partial charge is 0.465 e. The quantitative estimate of drug-likeness (QED) is 0.585. The van der Waals surface area contributed by atoms with Gasteiger partial charge in [-0.2, -0.15) is 0 Å². The van der Waals surface area contributed by atoms with E-state index in [1.54, 1.807) is 6.26 Å². The highest BCUT2D eigenvalue weighted by atomic mass is 16.5. The normalized spacial score (nSPS) is 12.0. The molecule has 0 unspecified atom stereocenters. The number of hydrogen-bond acceptors (Lipinski definition) is 2. The lowest BCUT2D eigenvalue weighted by Crippen LogP contribution is -1.88. The molecule has 2 N–H and O–H groups in total. The number of benzene rings is 1. The van der Waals surface area contributed by atoms with E-state index in [0.717, 1.165) is 17.0 Å². The SMILES string of the molecule is C/C=C\O/C(=C\C)c1ccc(N)cc1. The van der Waals surface area contributed by atoms with Crippen molar-refractivity contribution in [3.63, 3.8) is 0 Å². The second kappa shape index (κ2) is 5.12. The minimum Gasteiger partial charge on any atom is -0.465 e. The molecule has 0 heterocycles. The molecule has 0 aliphatic carbocycles. The summed E-state index contributed by atoms with van der Waals surface area (Å²) >= 11 is 0. The van der Waals surface area contributed by atoms with Gasteiger partial charge in [-0.05, 0) is 44.2 Å². The van der Waals surface area contributed by atoms with Gasteiger partial charge in [0, 0.05) is 11.3 Å². The van der Waals surface area contributed by atoms with Crippen molar-refractivity contribution in [1.29, 1.82) is 0 Å². The Balaban J connectivity index is 2.85. The molecule has 0 saturated heterocycles. The molecular weight excluding hydrogens is 174 g/mol. The Morgan fingerprint density at radius 2 is 1.86 bits per heavy atom. The first-order valence-electron chi connectivity index (χ1n) is 4.58. The maximum atomic E-state index is 5.59. The number of nitrogen functional groups attached to an aromatic ring is 1. The first-order chi connectivity index (χ1) is 6.77. The molecule has 2 heteroatoms. The zero-order chi connectivity index (χ0) is 10.4. The fourth-order valence-corrected chi connectivity index (χ4v) is 1.09. The average molecular weight is 189 g/mol. The lowest BCUT2D eigenvalue weighted by molar-refractivity contribution is 0.435. The summed E-state index contributed by atoms with van der Waals surface area (Å²) in [6.07, 6.45) is 5.43. The number of anilines is 1. The molecule has 0 aromatic heterocycles. The summed E-state index contributed by atoms with van der Waals surface area (Å²) in [5.41, 5.74) is 7.38. The topological polar surface area (TPSA) is 35.2 Å². The van der Waals surface area contributed by atoms with Crippen LogP contribution < -0.4 is 5.73 Å². The van der Waals surface area contributed by atoms with Gasteiger partial charge < -0.3 is 10.5 Å². The van der Waals surface area contributed by atoms with Gasteiger partial charge in [0.2, 0.25) is 0 Å². The first-order valence-corrected chi connectivity index (χ1v) is 4.58. The Morgan fingerprint density at radius 3 is 2.36 bits per heavy atom. The molecule has 1 aromatic carbocycles. The van der Waals surface area contributed by atoms with Crippen LogP contribution in [-0.4, -0.2) is 0 Å². The Hall–Kier alpha value is -1.70. The van der Waals surface area contributed by atoms with Gasteiger partial charge in [-0.15, -0.1) is 0 Å². The summed E-state index contributed by atoms with van der Waals surface area (Å²) in [7, 11) is 0. The average Bonchev–Trinajstić information content (AvgIpc) is 2.21. The van der Waals surface area contributed by atoms with Crippen molar-refractivity contribution in [2.75, 3.05) is 5.73 Å².